The number of likely N-dealkylation sites (tertiary alicyclic amines) is 1. The lowest BCUT2D eigenvalue weighted by Crippen LogP contribution is -2.47. The van der Waals surface area contributed by atoms with Crippen LogP contribution in [0, 0.1) is 0 Å². The normalized spacial score (nSPS) is 17.7. The fourth-order valence-corrected chi connectivity index (χ4v) is 3.98. The van der Waals surface area contributed by atoms with Gasteiger partial charge in [-0.25, -0.2) is 4.79 Å². The van der Waals surface area contributed by atoms with E-state index in [1.807, 2.05) is 49.0 Å². The molecule has 1 unspecified atom stereocenters. The Labute approximate surface area is 158 Å². The van der Waals surface area contributed by atoms with E-state index in [1.165, 1.54) is 4.90 Å². The minimum atomic E-state index is 0. The lowest BCUT2D eigenvalue weighted by Gasteiger charge is -2.32. The zero-order valence-electron chi connectivity index (χ0n) is 13.6. The van der Waals surface area contributed by atoms with Crippen LogP contribution in [0.1, 0.15) is 12.8 Å². The number of amides is 2. The predicted octanol–water partition coefficient (Wildman–Crippen LogP) is 3.75. The summed E-state index contributed by atoms with van der Waals surface area (Å²) < 4.78 is 0. The molecule has 1 saturated heterocycles. The molecule has 1 fully saturated rings. The number of thioether (sulfide) groups is 1. The standard InChI is InChI=1S/C16H24ClN3OS.BrH/c1-19(2)10-8-18-16(21)20-9-4-7-15(12-20)22-14-6-3-5-13(17)11-14;/h3,5-6,11,15H,4,7-10,12H2,1-2H3,(H,18,21);1H. The molecule has 4 nitrogen and oxygen atoms in total. The van der Waals surface area contributed by atoms with Gasteiger partial charge in [-0.1, -0.05) is 17.7 Å². The van der Waals surface area contributed by atoms with E-state index in [9.17, 15) is 4.79 Å². The first-order valence-corrected chi connectivity index (χ1v) is 8.90. The number of likely N-dealkylation sites (N-methyl/N-ethyl adjacent to an activating group) is 1. The fourth-order valence-electron chi connectivity index (χ4n) is 2.45. The number of piperidine rings is 1. The third-order valence-corrected chi connectivity index (χ3v) is 5.08. The lowest BCUT2D eigenvalue weighted by atomic mass is 10.1. The minimum absolute atomic E-state index is 0. The largest absolute Gasteiger partial charge is 0.337 e. The third kappa shape index (κ3) is 7.33. The van der Waals surface area contributed by atoms with Crippen LogP contribution in [0.3, 0.4) is 0 Å². The molecule has 0 bridgehead atoms. The number of hydrogen-bond acceptors (Lipinski definition) is 3. The van der Waals surface area contributed by atoms with E-state index < -0.39 is 0 Å². The maximum absolute atomic E-state index is 12.2. The molecule has 1 N–H and O–H groups in total. The molecular formula is C16H25BrClN3OS. The summed E-state index contributed by atoms with van der Waals surface area (Å²) in [6, 6.07) is 7.98. The van der Waals surface area contributed by atoms with Gasteiger partial charge in [-0.15, -0.1) is 28.7 Å². The van der Waals surface area contributed by atoms with Gasteiger partial charge in [-0.05, 0) is 45.1 Å². The van der Waals surface area contributed by atoms with Crippen LogP contribution in [-0.4, -0.2) is 61.4 Å². The number of nitrogens with zero attached hydrogens (tertiary/aromatic N) is 2. The van der Waals surface area contributed by atoms with Crippen molar-refractivity contribution in [3.63, 3.8) is 0 Å². The highest BCUT2D eigenvalue weighted by Gasteiger charge is 2.24. The van der Waals surface area contributed by atoms with Crippen LogP contribution in [0.15, 0.2) is 29.2 Å². The number of benzene rings is 1. The molecule has 1 heterocycles. The first kappa shape index (κ1) is 20.6. The maximum Gasteiger partial charge on any atom is 0.317 e. The van der Waals surface area contributed by atoms with Gasteiger partial charge in [0, 0.05) is 41.3 Å². The van der Waals surface area contributed by atoms with E-state index in [2.05, 4.69) is 16.3 Å². The number of halogens is 2. The molecular weight excluding hydrogens is 398 g/mol. The molecule has 130 valence electrons. The Morgan fingerprint density at radius 2 is 2.26 bits per heavy atom. The molecule has 0 spiro atoms. The summed E-state index contributed by atoms with van der Waals surface area (Å²) in [6.45, 7) is 3.19. The second kappa shape index (κ2) is 10.4. The van der Waals surface area contributed by atoms with Crippen molar-refractivity contribution in [2.24, 2.45) is 0 Å². The van der Waals surface area contributed by atoms with Gasteiger partial charge in [0.25, 0.3) is 0 Å². The zero-order chi connectivity index (χ0) is 15.9. The summed E-state index contributed by atoms with van der Waals surface area (Å²) in [7, 11) is 4.01. The molecule has 1 aliphatic heterocycles. The Kier molecular flexibility index (Phi) is 9.36. The summed E-state index contributed by atoms with van der Waals surface area (Å²) in [4.78, 5) is 17.4. The van der Waals surface area contributed by atoms with Crippen molar-refractivity contribution in [1.82, 2.24) is 15.1 Å². The van der Waals surface area contributed by atoms with Crippen molar-refractivity contribution in [1.29, 1.82) is 0 Å². The van der Waals surface area contributed by atoms with Crippen LogP contribution in [0.4, 0.5) is 4.79 Å². The molecule has 1 aliphatic rings. The smallest absolute Gasteiger partial charge is 0.317 e. The van der Waals surface area contributed by atoms with Crippen molar-refractivity contribution in [2.75, 3.05) is 40.3 Å². The SMILES string of the molecule is Br.CN(C)CCNC(=O)N1CCCC(Sc2cccc(Cl)c2)C1. The van der Waals surface area contributed by atoms with Gasteiger partial charge in [-0.2, -0.15) is 0 Å². The maximum atomic E-state index is 12.2. The first-order chi connectivity index (χ1) is 10.5. The van der Waals surface area contributed by atoms with Gasteiger partial charge in [0.15, 0.2) is 0 Å². The van der Waals surface area contributed by atoms with E-state index in [-0.39, 0.29) is 23.0 Å². The summed E-state index contributed by atoms with van der Waals surface area (Å²) in [5.74, 6) is 0. The average molecular weight is 423 g/mol. The first-order valence-electron chi connectivity index (χ1n) is 7.64. The van der Waals surface area contributed by atoms with Gasteiger partial charge >= 0.3 is 6.03 Å². The van der Waals surface area contributed by atoms with Crippen LogP contribution in [0.25, 0.3) is 0 Å². The van der Waals surface area contributed by atoms with Crippen molar-refractivity contribution in [3.05, 3.63) is 29.3 Å². The molecule has 2 rings (SSSR count). The molecule has 0 aromatic heterocycles. The molecule has 1 aromatic rings. The van der Waals surface area contributed by atoms with Crippen LogP contribution in [0.2, 0.25) is 5.02 Å². The Morgan fingerprint density at radius 3 is 2.96 bits per heavy atom. The molecule has 23 heavy (non-hydrogen) atoms. The highest BCUT2D eigenvalue weighted by molar-refractivity contribution is 8.93. The van der Waals surface area contributed by atoms with Crippen molar-refractivity contribution in [3.8, 4) is 0 Å². The van der Waals surface area contributed by atoms with E-state index >= 15 is 0 Å². The molecule has 2 amide bonds. The number of carbonyl (C=O) groups is 1. The van der Waals surface area contributed by atoms with E-state index in [0.29, 0.717) is 11.8 Å². The van der Waals surface area contributed by atoms with Crippen molar-refractivity contribution in [2.45, 2.75) is 23.0 Å². The highest BCUT2D eigenvalue weighted by Crippen LogP contribution is 2.30. The number of urea groups is 1. The van der Waals surface area contributed by atoms with Crippen LogP contribution in [0.5, 0.6) is 0 Å². The number of hydrogen-bond donors (Lipinski definition) is 1. The van der Waals surface area contributed by atoms with Crippen LogP contribution in [-0.2, 0) is 0 Å². The van der Waals surface area contributed by atoms with E-state index in [0.717, 1.165) is 37.5 Å². The number of rotatable bonds is 5. The van der Waals surface area contributed by atoms with Gasteiger partial charge in [-0.3, -0.25) is 0 Å². The summed E-state index contributed by atoms with van der Waals surface area (Å²) in [5, 5.41) is 4.19. The Morgan fingerprint density at radius 1 is 1.48 bits per heavy atom. The topological polar surface area (TPSA) is 35.6 Å². The van der Waals surface area contributed by atoms with E-state index in [1.54, 1.807) is 0 Å². The summed E-state index contributed by atoms with van der Waals surface area (Å²) in [6.07, 6.45) is 2.19. The summed E-state index contributed by atoms with van der Waals surface area (Å²) >= 11 is 7.85. The highest BCUT2D eigenvalue weighted by atomic mass is 79.9. The molecule has 0 saturated carbocycles. The Bertz CT molecular complexity index is 504. The zero-order valence-corrected chi connectivity index (χ0v) is 16.9. The van der Waals surface area contributed by atoms with Gasteiger partial charge < -0.3 is 15.1 Å². The fraction of sp³-hybridized carbons (Fsp3) is 0.562. The average Bonchev–Trinajstić information content (AvgIpc) is 2.47. The van der Waals surface area contributed by atoms with Crippen molar-refractivity contribution >= 4 is 46.4 Å². The Balaban J connectivity index is 0.00000264. The molecule has 1 atom stereocenters. The van der Waals surface area contributed by atoms with Gasteiger partial charge in [0.2, 0.25) is 0 Å². The van der Waals surface area contributed by atoms with Crippen LogP contribution >= 0.6 is 40.3 Å². The monoisotopic (exact) mass is 421 g/mol. The second-order valence-electron chi connectivity index (χ2n) is 5.82. The molecule has 1 aromatic carbocycles. The third-order valence-electron chi connectivity index (χ3n) is 3.60. The number of nitrogens with one attached hydrogen (secondary N) is 1. The quantitative estimate of drug-likeness (QED) is 0.785. The van der Waals surface area contributed by atoms with Gasteiger partial charge in [0.1, 0.15) is 0 Å². The Hall–Kier alpha value is -0.430. The molecule has 7 heteroatoms. The lowest BCUT2D eigenvalue weighted by molar-refractivity contribution is 0.187. The predicted molar refractivity (Wildman–Crippen MR) is 104 cm³/mol. The molecule has 0 radical (unpaired) electrons. The van der Waals surface area contributed by atoms with Crippen LogP contribution < -0.4 is 5.32 Å². The second-order valence-corrected chi connectivity index (χ2v) is 7.63. The van der Waals surface area contributed by atoms with E-state index in [4.69, 9.17) is 11.6 Å². The van der Waals surface area contributed by atoms with Gasteiger partial charge in [0.05, 0.1) is 0 Å². The summed E-state index contributed by atoms with van der Waals surface area (Å²) in [5.41, 5.74) is 0. The number of carbonyl (C=O) groups excluding carboxylic acids is 1. The minimum Gasteiger partial charge on any atom is -0.337 e. The van der Waals surface area contributed by atoms with Crippen molar-refractivity contribution < 1.29 is 4.79 Å². The molecule has 0 aliphatic carbocycles.